The van der Waals surface area contributed by atoms with Crippen molar-refractivity contribution < 1.29 is 19.0 Å². The van der Waals surface area contributed by atoms with Gasteiger partial charge in [-0.25, -0.2) is 4.79 Å². The average molecular weight is 428 g/mol. The molecule has 0 fully saturated rings. The van der Waals surface area contributed by atoms with Gasteiger partial charge in [-0.2, -0.15) is 5.10 Å². The van der Waals surface area contributed by atoms with Gasteiger partial charge in [0.25, 0.3) is 0 Å². The summed E-state index contributed by atoms with van der Waals surface area (Å²) in [7, 11) is 5.01. The topological polar surface area (TPSA) is 74.9 Å². The zero-order valence-electron chi connectivity index (χ0n) is 19.8. The Balaban J connectivity index is 2.58. The molecule has 0 N–H and O–H groups in total. The molecule has 1 aromatic heterocycles. The third kappa shape index (κ3) is 6.04. The van der Waals surface area contributed by atoms with Crippen LogP contribution in [-0.4, -0.2) is 49.5 Å². The van der Waals surface area contributed by atoms with Crippen molar-refractivity contribution in [2.24, 2.45) is 12.0 Å². The van der Waals surface area contributed by atoms with Gasteiger partial charge < -0.3 is 14.2 Å². The van der Waals surface area contributed by atoms with E-state index in [1.165, 1.54) is 12.7 Å². The van der Waals surface area contributed by atoms with Crippen molar-refractivity contribution in [1.29, 1.82) is 0 Å². The van der Waals surface area contributed by atoms with Crippen LogP contribution in [0.2, 0.25) is 0 Å². The van der Waals surface area contributed by atoms with Gasteiger partial charge in [0.05, 0.1) is 5.69 Å². The van der Waals surface area contributed by atoms with E-state index < -0.39 is 5.97 Å². The van der Waals surface area contributed by atoms with Crippen LogP contribution in [-0.2, 0) is 31.5 Å². The Hall–Kier alpha value is -2.93. The van der Waals surface area contributed by atoms with Gasteiger partial charge >= 0.3 is 5.97 Å². The first-order valence-electron chi connectivity index (χ1n) is 10.2. The number of nitrogens with zero attached hydrogens (tertiary/aromatic N) is 3. The third-order valence-corrected chi connectivity index (χ3v) is 4.99. The Morgan fingerprint density at radius 2 is 1.81 bits per heavy atom. The van der Waals surface area contributed by atoms with Gasteiger partial charge in [0.1, 0.15) is 12.3 Å². The second kappa shape index (κ2) is 10.4. The second-order valence-electron chi connectivity index (χ2n) is 8.35. The van der Waals surface area contributed by atoms with Crippen LogP contribution in [0.25, 0.3) is 11.3 Å². The minimum atomic E-state index is -0.500. The molecular weight excluding hydrogens is 394 g/mol. The lowest BCUT2D eigenvalue weighted by atomic mass is 9.86. The van der Waals surface area contributed by atoms with Crippen LogP contribution in [0, 0.1) is 13.8 Å². The molecular formula is C24H33N3O4. The van der Waals surface area contributed by atoms with E-state index in [1.54, 1.807) is 17.9 Å². The van der Waals surface area contributed by atoms with Crippen LogP contribution in [0.15, 0.2) is 29.3 Å². The highest BCUT2D eigenvalue weighted by molar-refractivity contribution is 6.18. The van der Waals surface area contributed by atoms with Crippen LogP contribution >= 0.6 is 0 Å². The normalized spacial score (nSPS) is 12.8. The number of methoxy groups -OCH3 is 1. The summed E-state index contributed by atoms with van der Waals surface area (Å²) in [5.41, 5.74) is 5.67. The average Bonchev–Trinajstić information content (AvgIpc) is 2.95. The molecule has 31 heavy (non-hydrogen) atoms. The molecule has 0 bridgehead atoms. The first kappa shape index (κ1) is 24.3. The SMILES string of the molecule is CN=C/C(=C(/OCOC(=O)COC)c1c(C)c(C)nn1C)c1ccc(C(C)(C)C)cc1. The molecule has 0 unspecified atom stereocenters. The lowest BCUT2D eigenvalue weighted by molar-refractivity contribution is -0.155. The molecule has 0 atom stereocenters. The molecule has 7 nitrogen and oxygen atoms in total. The first-order chi connectivity index (χ1) is 14.6. The maximum absolute atomic E-state index is 11.7. The predicted molar refractivity (Wildman–Crippen MR) is 123 cm³/mol. The quantitative estimate of drug-likeness (QED) is 0.275. The van der Waals surface area contributed by atoms with Gasteiger partial charge in [0.2, 0.25) is 6.79 Å². The van der Waals surface area contributed by atoms with Gasteiger partial charge in [-0.05, 0) is 30.4 Å². The summed E-state index contributed by atoms with van der Waals surface area (Å²) in [5, 5.41) is 4.52. The number of ether oxygens (including phenoxy) is 3. The van der Waals surface area contributed by atoms with Gasteiger partial charge in [0.15, 0.2) is 5.76 Å². The maximum Gasteiger partial charge on any atom is 0.334 e. The summed E-state index contributed by atoms with van der Waals surface area (Å²) in [6.45, 7) is 10.1. The van der Waals surface area contributed by atoms with Crippen molar-refractivity contribution in [3.8, 4) is 0 Å². The van der Waals surface area contributed by atoms with E-state index >= 15 is 0 Å². The van der Waals surface area contributed by atoms with Gasteiger partial charge in [-0.3, -0.25) is 9.67 Å². The molecule has 0 saturated heterocycles. The highest BCUT2D eigenvalue weighted by Gasteiger charge is 2.21. The summed E-state index contributed by atoms with van der Waals surface area (Å²) < 4.78 is 17.7. The summed E-state index contributed by atoms with van der Waals surface area (Å²) in [6.07, 6.45) is 1.75. The molecule has 0 amide bonds. The van der Waals surface area contributed by atoms with Crippen LogP contribution in [0.4, 0.5) is 0 Å². The van der Waals surface area contributed by atoms with Gasteiger partial charge in [-0.1, -0.05) is 45.0 Å². The van der Waals surface area contributed by atoms with E-state index in [4.69, 9.17) is 14.2 Å². The number of carbonyl (C=O) groups is 1. The van der Waals surface area contributed by atoms with Crippen molar-refractivity contribution in [3.63, 3.8) is 0 Å². The Bertz CT molecular complexity index is 964. The molecule has 0 spiro atoms. The number of esters is 1. The number of allylic oxidation sites excluding steroid dienone is 1. The van der Waals surface area contributed by atoms with Crippen LogP contribution in [0.1, 0.15) is 48.8 Å². The molecule has 0 aliphatic carbocycles. The number of rotatable bonds is 8. The molecule has 2 rings (SSSR count). The number of hydrogen-bond acceptors (Lipinski definition) is 6. The molecule has 0 radical (unpaired) electrons. The van der Waals surface area contributed by atoms with Gasteiger partial charge in [0, 0.05) is 38.6 Å². The number of carbonyl (C=O) groups excluding carboxylic acids is 1. The lowest BCUT2D eigenvalue weighted by Gasteiger charge is -2.20. The zero-order chi connectivity index (χ0) is 23.2. The number of aliphatic imine (C=N–C) groups is 1. The van der Waals surface area contributed by atoms with Crippen LogP contribution in [0.3, 0.4) is 0 Å². The molecule has 168 valence electrons. The third-order valence-electron chi connectivity index (χ3n) is 4.99. The van der Waals surface area contributed by atoms with Crippen LogP contribution < -0.4 is 0 Å². The smallest absolute Gasteiger partial charge is 0.334 e. The van der Waals surface area contributed by atoms with Crippen LogP contribution in [0.5, 0.6) is 0 Å². The number of aryl methyl sites for hydroxylation is 2. The number of aromatic nitrogens is 2. The van der Waals surface area contributed by atoms with Crippen molar-refractivity contribution in [2.75, 3.05) is 27.6 Å². The lowest BCUT2D eigenvalue weighted by Crippen LogP contribution is -2.15. The fourth-order valence-electron chi connectivity index (χ4n) is 3.21. The minimum absolute atomic E-state index is 0.0475. The molecule has 1 aromatic carbocycles. The largest absolute Gasteiger partial charge is 0.454 e. The molecule has 1 heterocycles. The monoisotopic (exact) mass is 427 g/mol. The molecule has 0 aliphatic rings. The highest BCUT2D eigenvalue weighted by Crippen LogP contribution is 2.31. The Labute approximate surface area is 184 Å². The number of benzene rings is 1. The van der Waals surface area contributed by atoms with E-state index in [9.17, 15) is 4.79 Å². The first-order valence-corrected chi connectivity index (χ1v) is 10.2. The summed E-state index contributed by atoms with van der Waals surface area (Å²) in [5.74, 6) is 0.0416. The van der Waals surface area contributed by atoms with E-state index in [0.717, 1.165) is 28.1 Å². The van der Waals surface area contributed by atoms with Crippen molar-refractivity contribution in [1.82, 2.24) is 9.78 Å². The molecule has 2 aromatic rings. The van der Waals surface area contributed by atoms with Crippen molar-refractivity contribution in [2.45, 2.75) is 40.0 Å². The zero-order valence-corrected chi connectivity index (χ0v) is 19.8. The predicted octanol–water partition coefficient (Wildman–Crippen LogP) is 4.07. The molecule has 0 saturated carbocycles. The Kier molecular flexibility index (Phi) is 8.16. The highest BCUT2D eigenvalue weighted by atomic mass is 16.7. The van der Waals surface area contributed by atoms with Crippen molar-refractivity contribution >= 4 is 23.5 Å². The fourth-order valence-corrected chi connectivity index (χ4v) is 3.21. The fraction of sp³-hybridized carbons (Fsp3) is 0.458. The summed E-state index contributed by atoms with van der Waals surface area (Å²) in [6, 6.07) is 8.32. The van der Waals surface area contributed by atoms with Gasteiger partial charge in [-0.15, -0.1) is 0 Å². The summed E-state index contributed by atoms with van der Waals surface area (Å²) >= 11 is 0. The maximum atomic E-state index is 11.7. The molecule has 0 aliphatic heterocycles. The van der Waals surface area contributed by atoms with E-state index in [1.807, 2.05) is 20.9 Å². The minimum Gasteiger partial charge on any atom is -0.454 e. The summed E-state index contributed by atoms with van der Waals surface area (Å²) in [4.78, 5) is 16.0. The Morgan fingerprint density at radius 1 is 1.16 bits per heavy atom. The number of hydrogen-bond donors (Lipinski definition) is 0. The molecule has 7 heteroatoms. The van der Waals surface area contributed by atoms with E-state index in [-0.39, 0.29) is 18.8 Å². The van der Waals surface area contributed by atoms with E-state index in [2.05, 4.69) is 55.1 Å². The van der Waals surface area contributed by atoms with Crippen molar-refractivity contribution in [3.05, 3.63) is 52.3 Å². The van der Waals surface area contributed by atoms with E-state index in [0.29, 0.717) is 5.76 Å². The Morgan fingerprint density at radius 3 is 2.29 bits per heavy atom. The standard InChI is InChI=1S/C24H33N3O4/c1-16-17(2)26-27(7)22(16)23(31-15-30-21(28)14-29-8)20(13-25-6)18-9-11-19(12-10-18)24(3,4)5/h9-13H,14-15H2,1-8H3/b23-20-,25-13?. The second-order valence-corrected chi connectivity index (χ2v) is 8.35.